The van der Waals surface area contributed by atoms with Gasteiger partial charge in [0.1, 0.15) is 11.5 Å². The van der Waals surface area contributed by atoms with Crippen LogP contribution in [0.3, 0.4) is 0 Å². The molecule has 0 heterocycles. The maximum Gasteiger partial charge on any atom is 0.128 e. The Hall–Kier alpha value is -1.17. The van der Waals surface area contributed by atoms with Crippen LogP contribution in [0.4, 0.5) is 0 Å². The molecule has 0 aliphatic carbocycles. The molecule has 2 rings (SSSR count). The fourth-order valence-electron chi connectivity index (χ4n) is 1.89. The summed E-state index contributed by atoms with van der Waals surface area (Å²) in [5.41, 5.74) is 0.767. The minimum Gasteiger partial charge on any atom is -0.497 e. The van der Waals surface area contributed by atoms with E-state index in [-0.39, 0.29) is 0 Å². The minimum absolute atomic E-state index is 0.560. The van der Waals surface area contributed by atoms with Crippen LogP contribution in [0.25, 0.3) is 0 Å². The Morgan fingerprint density at radius 3 is 2.43 bits per heavy atom. The second-order valence-corrected chi connectivity index (χ2v) is 6.40. The molecule has 0 radical (unpaired) electrons. The van der Waals surface area contributed by atoms with Crippen molar-refractivity contribution >= 4 is 27.7 Å². The number of aliphatic hydroxyl groups excluding tert-OH is 1. The Labute approximate surface area is 137 Å². The van der Waals surface area contributed by atoms with Crippen molar-refractivity contribution in [3.8, 4) is 11.5 Å². The zero-order chi connectivity index (χ0) is 15.2. The molecule has 0 amide bonds. The van der Waals surface area contributed by atoms with Gasteiger partial charge in [-0.25, -0.2) is 0 Å². The van der Waals surface area contributed by atoms with E-state index in [1.165, 1.54) is 0 Å². The van der Waals surface area contributed by atoms with Gasteiger partial charge in [0.15, 0.2) is 0 Å². The van der Waals surface area contributed by atoms with Gasteiger partial charge in [0.25, 0.3) is 0 Å². The number of rotatable bonds is 6. The van der Waals surface area contributed by atoms with E-state index in [2.05, 4.69) is 15.9 Å². The molecule has 3 nitrogen and oxygen atoms in total. The highest BCUT2D eigenvalue weighted by atomic mass is 79.9. The van der Waals surface area contributed by atoms with Crippen LogP contribution in [-0.2, 0) is 0 Å². The summed E-state index contributed by atoms with van der Waals surface area (Å²) in [6.45, 7) is 0. The summed E-state index contributed by atoms with van der Waals surface area (Å²) in [6, 6.07) is 13.5. The first-order valence-corrected chi connectivity index (χ1v) is 8.20. The smallest absolute Gasteiger partial charge is 0.128 e. The van der Waals surface area contributed by atoms with Crippen molar-refractivity contribution in [2.45, 2.75) is 11.0 Å². The number of aliphatic hydroxyl groups is 1. The first-order valence-electron chi connectivity index (χ1n) is 6.42. The number of hydrogen-bond donors (Lipinski definition) is 1. The standard InChI is InChI=1S/C16H17BrO3S/c1-19-12-5-8-14(16(9-12)20-2)15(18)10-21-13-6-3-11(17)4-7-13/h3-9,15,18H,10H2,1-2H3. The maximum absolute atomic E-state index is 10.4. The zero-order valence-electron chi connectivity index (χ0n) is 11.9. The fourth-order valence-corrected chi connectivity index (χ4v) is 3.01. The summed E-state index contributed by atoms with van der Waals surface area (Å²) in [7, 11) is 3.20. The van der Waals surface area contributed by atoms with Crippen molar-refractivity contribution in [3.05, 3.63) is 52.5 Å². The summed E-state index contributed by atoms with van der Waals surface area (Å²) in [5.74, 6) is 1.91. The molecule has 5 heteroatoms. The van der Waals surface area contributed by atoms with E-state index >= 15 is 0 Å². The topological polar surface area (TPSA) is 38.7 Å². The third-order valence-corrected chi connectivity index (χ3v) is 4.64. The van der Waals surface area contributed by atoms with E-state index in [0.717, 1.165) is 14.9 Å². The number of methoxy groups -OCH3 is 2. The van der Waals surface area contributed by atoms with Gasteiger partial charge >= 0.3 is 0 Å². The van der Waals surface area contributed by atoms with Gasteiger partial charge in [-0.2, -0.15) is 0 Å². The van der Waals surface area contributed by atoms with E-state index in [1.54, 1.807) is 32.0 Å². The predicted molar refractivity (Wildman–Crippen MR) is 89.4 cm³/mol. The second kappa shape index (κ2) is 7.73. The molecule has 0 bridgehead atoms. The molecular formula is C16H17BrO3S. The van der Waals surface area contributed by atoms with Crippen LogP contribution in [0.2, 0.25) is 0 Å². The lowest BCUT2D eigenvalue weighted by molar-refractivity contribution is 0.199. The average Bonchev–Trinajstić information content (AvgIpc) is 2.53. The quantitative estimate of drug-likeness (QED) is 0.771. The Balaban J connectivity index is 2.05. The van der Waals surface area contributed by atoms with E-state index in [9.17, 15) is 5.11 Å². The third-order valence-electron chi connectivity index (χ3n) is 3.02. The lowest BCUT2D eigenvalue weighted by Gasteiger charge is -2.15. The second-order valence-electron chi connectivity index (χ2n) is 4.39. The van der Waals surface area contributed by atoms with Crippen LogP contribution < -0.4 is 9.47 Å². The van der Waals surface area contributed by atoms with E-state index in [0.29, 0.717) is 17.3 Å². The van der Waals surface area contributed by atoms with Gasteiger partial charge in [-0.3, -0.25) is 0 Å². The zero-order valence-corrected chi connectivity index (χ0v) is 14.3. The largest absolute Gasteiger partial charge is 0.497 e. The fraction of sp³-hybridized carbons (Fsp3) is 0.250. The van der Waals surface area contributed by atoms with Gasteiger partial charge in [0.2, 0.25) is 0 Å². The van der Waals surface area contributed by atoms with E-state index in [4.69, 9.17) is 9.47 Å². The Kier molecular flexibility index (Phi) is 5.96. The van der Waals surface area contributed by atoms with Crippen LogP contribution in [0.15, 0.2) is 51.8 Å². The molecule has 2 aromatic rings. The summed E-state index contributed by atoms with van der Waals surface area (Å²) in [6.07, 6.45) is -0.598. The van der Waals surface area contributed by atoms with Crippen LogP contribution >= 0.6 is 27.7 Å². The molecule has 1 unspecified atom stereocenters. The molecule has 0 saturated heterocycles. The van der Waals surface area contributed by atoms with Gasteiger partial charge < -0.3 is 14.6 Å². The summed E-state index contributed by atoms with van der Waals surface area (Å²) in [5, 5.41) is 10.4. The van der Waals surface area contributed by atoms with Crippen molar-refractivity contribution in [3.63, 3.8) is 0 Å². The first kappa shape index (κ1) is 16.2. The van der Waals surface area contributed by atoms with E-state index < -0.39 is 6.10 Å². The average molecular weight is 369 g/mol. The summed E-state index contributed by atoms with van der Waals surface area (Å²) in [4.78, 5) is 1.12. The molecule has 0 aliphatic rings. The molecule has 21 heavy (non-hydrogen) atoms. The molecule has 1 atom stereocenters. The highest BCUT2D eigenvalue weighted by Gasteiger charge is 2.14. The van der Waals surface area contributed by atoms with Gasteiger partial charge in [0.05, 0.1) is 20.3 Å². The molecule has 0 saturated carbocycles. The summed E-state index contributed by atoms with van der Waals surface area (Å²) >= 11 is 5.01. The lowest BCUT2D eigenvalue weighted by Crippen LogP contribution is -2.03. The van der Waals surface area contributed by atoms with Crippen molar-refractivity contribution in [2.75, 3.05) is 20.0 Å². The Morgan fingerprint density at radius 2 is 1.81 bits per heavy atom. The number of ether oxygens (including phenoxy) is 2. The molecule has 2 aromatic carbocycles. The van der Waals surface area contributed by atoms with Crippen LogP contribution in [-0.4, -0.2) is 25.1 Å². The molecule has 0 spiro atoms. The number of thioether (sulfide) groups is 1. The highest BCUT2D eigenvalue weighted by Crippen LogP contribution is 2.33. The Bertz CT molecular complexity index is 587. The van der Waals surface area contributed by atoms with Crippen LogP contribution in [0.1, 0.15) is 11.7 Å². The lowest BCUT2D eigenvalue weighted by atomic mass is 10.1. The van der Waals surface area contributed by atoms with Crippen LogP contribution in [0.5, 0.6) is 11.5 Å². The molecule has 0 aromatic heterocycles. The molecule has 0 fully saturated rings. The van der Waals surface area contributed by atoms with Gasteiger partial charge in [-0.15, -0.1) is 11.8 Å². The van der Waals surface area contributed by atoms with Crippen molar-refractivity contribution < 1.29 is 14.6 Å². The number of benzene rings is 2. The number of halogens is 1. The number of hydrogen-bond acceptors (Lipinski definition) is 4. The van der Waals surface area contributed by atoms with Crippen molar-refractivity contribution in [1.29, 1.82) is 0 Å². The van der Waals surface area contributed by atoms with Gasteiger partial charge in [-0.05, 0) is 36.4 Å². The normalized spacial score (nSPS) is 12.0. The van der Waals surface area contributed by atoms with Crippen LogP contribution in [0, 0.1) is 0 Å². The van der Waals surface area contributed by atoms with Gasteiger partial charge in [0, 0.05) is 26.8 Å². The monoisotopic (exact) mass is 368 g/mol. The molecule has 1 N–H and O–H groups in total. The highest BCUT2D eigenvalue weighted by molar-refractivity contribution is 9.10. The minimum atomic E-state index is -0.598. The first-order chi connectivity index (χ1) is 10.1. The summed E-state index contributed by atoms with van der Waals surface area (Å²) < 4.78 is 11.5. The molecular weight excluding hydrogens is 352 g/mol. The van der Waals surface area contributed by atoms with Gasteiger partial charge in [-0.1, -0.05) is 15.9 Å². The van der Waals surface area contributed by atoms with E-state index in [1.807, 2.05) is 36.4 Å². The maximum atomic E-state index is 10.4. The molecule has 0 aliphatic heterocycles. The van der Waals surface area contributed by atoms with Crippen molar-refractivity contribution in [1.82, 2.24) is 0 Å². The Morgan fingerprint density at radius 1 is 1.10 bits per heavy atom. The van der Waals surface area contributed by atoms with Crippen molar-refractivity contribution in [2.24, 2.45) is 0 Å². The predicted octanol–water partition coefficient (Wildman–Crippen LogP) is 4.29. The third kappa shape index (κ3) is 4.40. The SMILES string of the molecule is COc1ccc(C(O)CSc2ccc(Br)cc2)c(OC)c1. The molecule has 112 valence electrons.